The van der Waals surface area contributed by atoms with Crippen molar-refractivity contribution in [1.29, 1.82) is 0 Å². The summed E-state index contributed by atoms with van der Waals surface area (Å²) in [5.74, 6) is 1.07. The van der Waals surface area contributed by atoms with Crippen LogP contribution in [0.25, 0.3) is 54.6 Å². The van der Waals surface area contributed by atoms with Crippen LogP contribution >= 0.6 is 0 Å². The Balaban J connectivity index is 1.43. The average Bonchev–Trinajstić information content (AvgIpc) is 3.12. The van der Waals surface area contributed by atoms with Gasteiger partial charge < -0.3 is 4.90 Å². The highest BCUT2D eigenvalue weighted by atomic mass is 15.3. The minimum Gasteiger partial charge on any atom is -0.322 e. The number of fused-ring (bicyclic) bond motifs is 3. The normalized spacial score (nSPS) is 16.1. The van der Waals surface area contributed by atoms with Crippen LogP contribution in [0, 0.1) is 0 Å². The smallest absolute Gasteiger partial charge is 0.102 e. The van der Waals surface area contributed by atoms with Gasteiger partial charge >= 0.3 is 0 Å². The van der Waals surface area contributed by atoms with E-state index in [0.717, 1.165) is 5.84 Å². The molecular formula is C38H34N2. The van der Waals surface area contributed by atoms with Crippen molar-refractivity contribution in [2.75, 3.05) is 4.90 Å². The molecule has 2 nitrogen and oxygen atoms in total. The Morgan fingerprint density at radius 3 is 1.57 bits per heavy atom. The molecule has 7 rings (SSSR count). The number of hydrogen-bond donors (Lipinski definition) is 0. The van der Waals surface area contributed by atoms with Crippen LogP contribution in [0.2, 0.25) is 0 Å². The van der Waals surface area contributed by atoms with Crippen molar-refractivity contribution in [3.05, 3.63) is 115 Å². The molecule has 0 fully saturated rings. The lowest BCUT2D eigenvalue weighted by Gasteiger charge is -2.41. The van der Waals surface area contributed by atoms with E-state index in [-0.39, 0.29) is 11.1 Å². The van der Waals surface area contributed by atoms with E-state index in [4.69, 9.17) is 4.99 Å². The Morgan fingerprint density at radius 1 is 0.525 bits per heavy atom. The molecule has 2 heteroatoms. The molecule has 0 saturated heterocycles. The Hall–Kier alpha value is -4.43. The molecule has 0 aromatic heterocycles. The molecule has 0 atom stereocenters. The fourth-order valence-corrected chi connectivity index (χ4v) is 6.66. The number of nitrogens with zero attached hydrogens (tertiary/aromatic N) is 2. The zero-order valence-electron chi connectivity index (χ0n) is 23.9. The molecule has 0 amide bonds. The van der Waals surface area contributed by atoms with Gasteiger partial charge in [-0.2, -0.15) is 0 Å². The quantitative estimate of drug-likeness (QED) is 0.213. The highest BCUT2D eigenvalue weighted by Gasteiger charge is 2.48. The first-order valence-electron chi connectivity index (χ1n) is 14.2. The van der Waals surface area contributed by atoms with Crippen molar-refractivity contribution in [3.8, 4) is 22.3 Å². The summed E-state index contributed by atoms with van der Waals surface area (Å²) < 4.78 is 0. The second kappa shape index (κ2) is 8.79. The van der Waals surface area contributed by atoms with E-state index in [1.54, 1.807) is 0 Å². The Morgan fingerprint density at radius 2 is 1.02 bits per heavy atom. The number of rotatable bonds is 3. The van der Waals surface area contributed by atoms with E-state index in [1.165, 1.54) is 60.3 Å². The predicted octanol–water partition coefficient (Wildman–Crippen LogP) is 10.3. The van der Waals surface area contributed by atoms with Gasteiger partial charge in [0.25, 0.3) is 0 Å². The van der Waals surface area contributed by atoms with Gasteiger partial charge in [-0.15, -0.1) is 0 Å². The molecule has 6 aromatic rings. The number of aliphatic imine (C=N–C) groups is 1. The van der Waals surface area contributed by atoms with Gasteiger partial charge in [-0.3, -0.25) is 4.99 Å². The lowest BCUT2D eigenvalue weighted by molar-refractivity contribution is 0.338. The van der Waals surface area contributed by atoms with Crippen LogP contribution < -0.4 is 4.90 Å². The largest absolute Gasteiger partial charge is 0.322 e. The van der Waals surface area contributed by atoms with Crippen molar-refractivity contribution in [2.24, 2.45) is 4.99 Å². The Bertz CT molecular complexity index is 1900. The molecule has 0 N–H and O–H groups in total. The van der Waals surface area contributed by atoms with Crippen LogP contribution in [0.4, 0.5) is 5.69 Å². The van der Waals surface area contributed by atoms with Crippen molar-refractivity contribution < 1.29 is 0 Å². The van der Waals surface area contributed by atoms with E-state index in [1.807, 2.05) is 0 Å². The van der Waals surface area contributed by atoms with E-state index in [0.29, 0.717) is 0 Å². The van der Waals surface area contributed by atoms with Gasteiger partial charge in [0.2, 0.25) is 0 Å². The minimum absolute atomic E-state index is 0.108. The summed E-state index contributed by atoms with van der Waals surface area (Å²) in [6, 6.07) is 42.3. The monoisotopic (exact) mass is 518 g/mol. The molecule has 1 heterocycles. The van der Waals surface area contributed by atoms with Crippen LogP contribution in [0.3, 0.4) is 0 Å². The molecule has 0 spiro atoms. The second-order valence-electron chi connectivity index (χ2n) is 12.1. The standard InChI is InChI=1S/C38H34N2/c1-25-39-37(2,3)38(4,5)40(25)30-22-21-27-23-29(20-19-28(27)24-30)36-33-17-11-9-15-31(33)35(26-13-7-6-8-14-26)32-16-10-12-18-34(32)36/h6-24H,1-5H3. The summed E-state index contributed by atoms with van der Waals surface area (Å²) in [6.45, 7) is 11.1. The van der Waals surface area contributed by atoms with Gasteiger partial charge in [-0.25, -0.2) is 0 Å². The van der Waals surface area contributed by atoms with E-state index in [2.05, 4.69) is 155 Å². The average molecular weight is 519 g/mol. The Labute approximate surface area is 236 Å². The zero-order chi connectivity index (χ0) is 27.6. The molecule has 0 aliphatic carbocycles. The molecule has 40 heavy (non-hydrogen) atoms. The summed E-state index contributed by atoms with van der Waals surface area (Å²) in [7, 11) is 0. The van der Waals surface area contributed by atoms with E-state index >= 15 is 0 Å². The molecule has 6 aromatic carbocycles. The van der Waals surface area contributed by atoms with Crippen LogP contribution in [0.1, 0.15) is 34.6 Å². The maximum atomic E-state index is 4.99. The molecule has 1 aliphatic heterocycles. The fraction of sp³-hybridized carbons (Fsp3) is 0.184. The van der Waals surface area contributed by atoms with Crippen molar-refractivity contribution in [3.63, 3.8) is 0 Å². The molecule has 196 valence electrons. The summed E-state index contributed by atoms with van der Waals surface area (Å²) in [6.07, 6.45) is 0. The number of benzene rings is 6. The van der Waals surface area contributed by atoms with Gasteiger partial charge in [0, 0.05) is 5.69 Å². The van der Waals surface area contributed by atoms with Gasteiger partial charge in [0.05, 0.1) is 11.1 Å². The summed E-state index contributed by atoms with van der Waals surface area (Å²) in [5.41, 5.74) is 6.02. The molecule has 1 aliphatic rings. The first-order valence-corrected chi connectivity index (χ1v) is 14.2. The third-order valence-corrected chi connectivity index (χ3v) is 9.19. The third kappa shape index (κ3) is 3.59. The van der Waals surface area contributed by atoms with Crippen molar-refractivity contribution >= 4 is 43.8 Å². The first-order chi connectivity index (χ1) is 19.3. The van der Waals surface area contributed by atoms with Crippen LogP contribution in [0.15, 0.2) is 120 Å². The van der Waals surface area contributed by atoms with Crippen LogP contribution in [-0.4, -0.2) is 16.9 Å². The highest BCUT2D eigenvalue weighted by molar-refractivity contribution is 6.21. The second-order valence-corrected chi connectivity index (χ2v) is 12.1. The molecule has 0 radical (unpaired) electrons. The number of amidine groups is 1. The van der Waals surface area contributed by atoms with Gasteiger partial charge in [-0.1, -0.05) is 97.1 Å². The number of anilines is 1. The first kappa shape index (κ1) is 24.6. The summed E-state index contributed by atoms with van der Waals surface area (Å²) in [4.78, 5) is 7.39. The fourth-order valence-electron chi connectivity index (χ4n) is 6.66. The van der Waals surface area contributed by atoms with Crippen LogP contribution in [-0.2, 0) is 0 Å². The summed E-state index contributed by atoms with van der Waals surface area (Å²) >= 11 is 0. The lowest BCUT2D eigenvalue weighted by atomic mass is 9.83. The van der Waals surface area contributed by atoms with Gasteiger partial charge in [0.15, 0.2) is 0 Å². The molecule has 0 unspecified atom stereocenters. The van der Waals surface area contributed by atoms with Gasteiger partial charge in [0.1, 0.15) is 5.84 Å². The predicted molar refractivity (Wildman–Crippen MR) is 174 cm³/mol. The van der Waals surface area contributed by atoms with Gasteiger partial charge in [-0.05, 0) is 107 Å². The maximum Gasteiger partial charge on any atom is 0.102 e. The zero-order valence-corrected chi connectivity index (χ0v) is 23.9. The Kier molecular flexibility index (Phi) is 5.41. The summed E-state index contributed by atoms with van der Waals surface area (Å²) in [5, 5.41) is 7.61. The SMILES string of the molecule is CC1=NC(C)(C)C(C)(C)N1c1ccc2cc(-c3c4ccccc4c(-c4ccccc4)c4ccccc34)ccc2c1. The maximum absolute atomic E-state index is 4.99. The lowest BCUT2D eigenvalue weighted by Crippen LogP contribution is -2.52. The van der Waals surface area contributed by atoms with Crippen molar-refractivity contribution in [1.82, 2.24) is 0 Å². The topological polar surface area (TPSA) is 15.6 Å². The minimum atomic E-state index is -0.149. The van der Waals surface area contributed by atoms with E-state index < -0.39 is 0 Å². The van der Waals surface area contributed by atoms with Crippen molar-refractivity contribution in [2.45, 2.75) is 45.7 Å². The molecule has 0 saturated carbocycles. The third-order valence-electron chi connectivity index (χ3n) is 9.19. The molecule has 0 bridgehead atoms. The molecular weight excluding hydrogens is 484 g/mol. The highest BCUT2D eigenvalue weighted by Crippen LogP contribution is 2.45. The van der Waals surface area contributed by atoms with Crippen LogP contribution in [0.5, 0.6) is 0 Å². The number of hydrogen-bond acceptors (Lipinski definition) is 2. The van der Waals surface area contributed by atoms with E-state index in [9.17, 15) is 0 Å².